The minimum atomic E-state index is -0.459. The smallest absolute Gasteiger partial charge is 0.0858 e. The van der Waals surface area contributed by atoms with Crippen LogP contribution in [0.3, 0.4) is 0 Å². The van der Waals surface area contributed by atoms with Gasteiger partial charge < -0.3 is 5.11 Å². The third-order valence-electron chi connectivity index (χ3n) is 4.43. The van der Waals surface area contributed by atoms with E-state index in [0.29, 0.717) is 5.92 Å². The van der Waals surface area contributed by atoms with Gasteiger partial charge in [-0.2, -0.15) is 0 Å². The molecule has 0 heterocycles. The van der Waals surface area contributed by atoms with E-state index < -0.39 is 5.60 Å². The maximum Gasteiger partial charge on any atom is 0.0858 e. The Morgan fingerprint density at radius 2 is 2.07 bits per heavy atom. The lowest BCUT2D eigenvalue weighted by Crippen LogP contribution is -2.42. The molecule has 1 saturated carbocycles. The Morgan fingerprint density at radius 1 is 1.27 bits per heavy atom. The second-order valence-electron chi connectivity index (χ2n) is 5.35. The Labute approximate surface area is 93.6 Å². The zero-order chi connectivity index (χ0) is 10.7. The standard InChI is InChI=1S/C14H24O/c1-2-12-8-4-5-9-13(12)14(15)10-6-3-7-11-14/h6,10,12-13,15H,2-5,7-9,11H2,1H3. The van der Waals surface area contributed by atoms with Gasteiger partial charge in [0.2, 0.25) is 0 Å². The Kier molecular flexibility index (Phi) is 3.50. The zero-order valence-electron chi connectivity index (χ0n) is 9.91. The highest BCUT2D eigenvalue weighted by Crippen LogP contribution is 2.43. The molecule has 15 heavy (non-hydrogen) atoms. The van der Waals surface area contributed by atoms with Crippen LogP contribution in [0.1, 0.15) is 58.3 Å². The number of hydrogen-bond donors (Lipinski definition) is 1. The summed E-state index contributed by atoms with van der Waals surface area (Å²) in [4.78, 5) is 0. The van der Waals surface area contributed by atoms with Gasteiger partial charge in [-0.1, -0.05) is 44.8 Å². The highest BCUT2D eigenvalue weighted by Gasteiger charge is 2.40. The molecule has 1 N–H and O–H groups in total. The molecule has 0 saturated heterocycles. The monoisotopic (exact) mass is 208 g/mol. The topological polar surface area (TPSA) is 20.2 Å². The van der Waals surface area contributed by atoms with Gasteiger partial charge in [0.25, 0.3) is 0 Å². The van der Waals surface area contributed by atoms with Gasteiger partial charge in [0.15, 0.2) is 0 Å². The minimum absolute atomic E-state index is 0.459. The van der Waals surface area contributed by atoms with E-state index in [0.717, 1.165) is 18.8 Å². The SMILES string of the molecule is CCC1CCCCC1C1(O)C=CCCC1. The minimum Gasteiger partial charge on any atom is -0.385 e. The van der Waals surface area contributed by atoms with Gasteiger partial charge in [-0.05, 0) is 37.5 Å². The highest BCUT2D eigenvalue weighted by atomic mass is 16.3. The van der Waals surface area contributed by atoms with Crippen molar-refractivity contribution in [3.05, 3.63) is 12.2 Å². The van der Waals surface area contributed by atoms with Gasteiger partial charge in [-0.25, -0.2) is 0 Å². The molecule has 0 radical (unpaired) electrons. The molecule has 2 aliphatic carbocycles. The first kappa shape index (κ1) is 11.2. The largest absolute Gasteiger partial charge is 0.385 e. The Hall–Kier alpha value is -0.300. The van der Waals surface area contributed by atoms with Crippen molar-refractivity contribution < 1.29 is 5.11 Å². The second kappa shape index (κ2) is 4.69. The third-order valence-corrected chi connectivity index (χ3v) is 4.43. The summed E-state index contributed by atoms with van der Waals surface area (Å²) in [6.07, 6.45) is 14.1. The fraction of sp³-hybridized carbons (Fsp3) is 0.857. The van der Waals surface area contributed by atoms with Gasteiger partial charge in [0.1, 0.15) is 0 Å². The average Bonchev–Trinajstić information content (AvgIpc) is 2.30. The van der Waals surface area contributed by atoms with Crippen molar-refractivity contribution >= 4 is 0 Å². The molecule has 0 aromatic rings. The lowest BCUT2D eigenvalue weighted by molar-refractivity contribution is -0.0296. The van der Waals surface area contributed by atoms with Crippen molar-refractivity contribution in [1.29, 1.82) is 0 Å². The van der Waals surface area contributed by atoms with Crippen molar-refractivity contribution in [3.63, 3.8) is 0 Å². The van der Waals surface area contributed by atoms with Gasteiger partial charge in [-0.15, -0.1) is 0 Å². The predicted molar refractivity (Wildman–Crippen MR) is 63.7 cm³/mol. The number of hydrogen-bond acceptors (Lipinski definition) is 1. The second-order valence-corrected chi connectivity index (χ2v) is 5.35. The summed E-state index contributed by atoms with van der Waals surface area (Å²) in [5, 5.41) is 10.7. The Bertz CT molecular complexity index is 233. The van der Waals surface area contributed by atoms with Crippen molar-refractivity contribution in [2.24, 2.45) is 11.8 Å². The molecule has 0 amide bonds. The number of aliphatic hydroxyl groups is 1. The van der Waals surface area contributed by atoms with Crippen LogP contribution >= 0.6 is 0 Å². The quantitative estimate of drug-likeness (QED) is 0.686. The van der Waals surface area contributed by atoms with E-state index in [2.05, 4.69) is 19.1 Å². The molecule has 0 aromatic carbocycles. The van der Waals surface area contributed by atoms with E-state index in [1.807, 2.05) is 0 Å². The molecule has 1 fully saturated rings. The van der Waals surface area contributed by atoms with Crippen LogP contribution in [-0.4, -0.2) is 10.7 Å². The van der Waals surface area contributed by atoms with Crippen LogP contribution in [0.5, 0.6) is 0 Å². The molecular formula is C14H24O. The molecule has 3 atom stereocenters. The number of allylic oxidation sites excluding steroid dienone is 1. The van der Waals surface area contributed by atoms with E-state index in [-0.39, 0.29) is 0 Å². The molecule has 0 bridgehead atoms. The first-order valence-corrected chi connectivity index (χ1v) is 6.66. The lowest BCUT2D eigenvalue weighted by atomic mass is 9.66. The highest BCUT2D eigenvalue weighted by molar-refractivity contribution is 5.09. The molecule has 0 aliphatic heterocycles. The van der Waals surface area contributed by atoms with Crippen LogP contribution < -0.4 is 0 Å². The van der Waals surface area contributed by atoms with Crippen LogP contribution in [0.4, 0.5) is 0 Å². The molecule has 3 unspecified atom stereocenters. The fourth-order valence-corrected chi connectivity index (χ4v) is 3.54. The van der Waals surface area contributed by atoms with Crippen LogP contribution in [-0.2, 0) is 0 Å². The lowest BCUT2D eigenvalue weighted by Gasteiger charge is -2.43. The van der Waals surface area contributed by atoms with Crippen LogP contribution in [0, 0.1) is 11.8 Å². The van der Waals surface area contributed by atoms with Crippen LogP contribution in [0.2, 0.25) is 0 Å². The average molecular weight is 208 g/mol. The van der Waals surface area contributed by atoms with Crippen molar-refractivity contribution in [3.8, 4) is 0 Å². The van der Waals surface area contributed by atoms with Gasteiger partial charge >= 0.3 is 0 Å². The molecule has 1 nitrogen and oxygen atoms in total. The first-order valence-electron chi connectivity index (χ1n) is 6.66. The van der Waals surface area contributed by atoms with Crippen molar-refractivity contribution in [1.82, 2.24) is 0 Å². The summed E-state index contributed by atoms with van der Waals surface area (Å²) in [5.41, 5.74) is -0.459. The van der Waals surface area contributed by atoms with Gasteiger partial charge in [-0.3, -0.25) is 0 Å². The van der Waals surface area contributed by atoms with E-state index in [1.54, 1.807) is 0 Å². The molecule has 2 aliphatic rings. The normalized spacial score (nSPS) is 41.7. The fourth-order valence-electron chi connectivity index (χ4n) is 3.54. The summed E-state index contributed by atoms with van der Waals surface area (Å²) < 4.78 is 0. The van der Waals surface area contributed by atoms with E-state index in [9.17, 15) is 5.11 Å². The van der Waals surface area contributed by atoms with Crippen molar-refractivity contribution in [2.45, 2.75) is 63.9 Å². The van der Waals surface area contributed by atoms with Crippen molar-refractivity contribution in [2.75, 3.05) is 0 Å². The summed E-state index contributed by atoms with van der Waals surface area (Å²) in [6, 6.07) is 0. The summed E-state index contributed by atoms with van der Waals surface area (Å²) in [6.45, 7) is 2.28. The van der Waals surface area contributed by atoms with E-state index in [4.69, 9.17) is 0 Å². The maximum atomic E-state index is 10.7. The predicted octanol–water partition coefficient (Wildman–Crippen LogP) is 3.67. The molecular weight excluding hydrogens is 184 g/mol. The maximum absolute atomic E-state index is 10.7. The first-order chi connectivity index (χ1) is 7.26. The Balaban J connectivity index is 2.11. The molecule has 0 spiro atoms. The summed E-state index contributed by atoms with van der Waals surface area (Å²) in [7, 11) is 0. The molecule has 2 rings (SSSR count). The van der Waals surface area contributed by atoms with E-state index >= 15 is 0 Å². The summed E-state index contributed by atoms with van der Waals surface area (Å²) >= 11 is 0. The number of rotatable bonds is 2. The molecule has 86 valence electrons. The zero-order valence-corrected chi connectivity index (χ0v) is 9.91. The van der Waals surface area contributed by atoms with Gasteiger partial charge in [0.05, 0.1) is 5.60 Å². The van der Waals surface area contributed by atoms with Crippen LogP contribution in [0.15, 0.2) is 12.2 Å². The van der Waals surface area contributed by atoms with E-state index in [1.165, 1.54) is 38.5 Å². The summed E-state index contributed by atoms with van der Waals surface area (Å²) in [5.74, 6) is 1.29. The Morgan fingerprint density at radius 3 is 2.73 bits per heavy atom. The third kappa shape index (κ3) is 2.28. The molecule has 1 heteroatoms. The van der Waals surface area contributed by atoms with Crippen LogP contribution in [0.25, 0.3) is 0 Å². The van der Waals surface area contributed by atoms with Gasteiger partial charge in [0, 0.05) is 0 Å². The molecule has 0 aromatic heterocycles.